The third-order valence-corrected chi connectivity index (χ3v) is 12.7. The molecule has 3 N–H and O–H groups in total. The number of anilines is 1. The fraction of sp³-hybridized carbons (Fsp3) is 0.513. The molecule has 2 aliphatic carbocycles. The molecule has 2 aromatic carbocycles. The molecule has 4 aliphatic rings. The molecule has 14 nitrogen and oxygen atoms in total. The third kappa shape index (κ3) is 8.05. The lowest BCUT2D eigenvalue weighted by molar-refractivity contribution is -0.141. The quantitative estimate of drug-likeness (QED) is 0.254. The van der Waals surface area contributed by atoms with Gasteiger partial charge in [-0.25, -0.2) is 22.3 Å². The summed E-state index contributed by atoms with van der Waals surface area (Å²) in [5, 5.41) is 9.81. The number of carbonyl (C=O) groups excluding carboxylic acids is 4. The van der Waals surface area contributed by atoms with Crippen molar-refractivity contribution in [1.29, 1.82) is 0 Å². The monoisotopic (exact) mass is 779 g/mol. The average Bonchev–Trinajstić information content (AvgIpc) is 3.90. The van der Waals surface area contributed by atoms with Crippen molar-refractivity contribution in [3.8, 4) is 5.69 Å². The first kappa shape index (κ1) is 39.7. The molecule has 16 heteroatoms. The topological polar surface area (TPSA) is 172 Å². The van der Waals surface area contributed by atoms with Crippen LogP contribution in [0.15, 0.2) is 60.9 Å². The fourth-order valence-electron chi connectivity index (χ4n) is 7.51. The van der Waals surface area contributed by atoms with Gasteiger partial charge in [0.05, 0.1) is 24.0 Å². The van der Waals surface area contributed by atoms with E-state index in [0.29, 0.717) is 36.1 Å². The van der Waals surface area contributed by atoms with E-state index in [0.717, 1.165) is 5.69 Å². The number of fused-ring (bicyclic) bond motifs is 1. The van der Waals surface area contributed by atoms with Gasteiger partial charge >= 0.3 is 6.09 Å². The Kier molecular flexibility index (Phi) is 10.8. The summed E-state index contributed by atoms with van der Waals surface area (Å²) < 4.78 is 49.7. The number of amides is 4. The standard InChI is InChI=1S/C38H46FN7O7S.CH4/c1-5-24-19-38(24,35(49)43-54(51,52)28-14-15-28)42-33(47)31-18-27(53-36(50)44-20-23-8-6-9-30(39)29(23)22-44)21-45(31)34(48)32(37(2,3)4)41-25-10-12-26(13-11-25)46-17-7-16-40-46;/h6-13,16-17,24,27-28,31-32,41H,5,14-15,18-22H2,1-4H3,(H,42,47)(H,43,49);1H4/t24-,27-,31+,32-,38-;/m1./s1. The number of hydrogen-bond donors (Lipinski definition) is 3. The molecule has 0 spiro atoms. The Balaban J connectivity index is 0.00000514. The molecule has 4 amide bonds. The second kappa shape index (κ2) is 14.9. The number of halogens is 1. The molecule has 3 aromatic rings. The molecule has 3 heterocycles. The van der Waals surface area contributed by atoms with Gasteiger partial charge < -0.3 is 20.3 Å². The smallest absolute Gasteiger partial charge is 0.410 e. The van der Waals surface area contributed by atoms with Crippen molar-refractivity contribution >= 4 is 39.5 Å². The zero-order valence-electron chi connectivity index (χ0n) is 30.7. The molecule has 1 saturated heterocycles. The summed E-state index contributed by atoms with van der Waals surface area (Å²) in [5.74, 6) is -2.58. The maximum atomic E-state index is 14.7. The molecule has 2 aliphatic heterocycles. The van der Waals surface area contributed by atoms with Crippen LogP contribution in [0.4, 0.5) is 14.9 Å². The van der Waals surface area contributed by atoms with Gasteiger partial charge in [0, 0.05) is 36.6 Å². The van der Waals surface area contributed by atoms with Crippen LogP contribution in [-0.2, 0) is 42.2 Å². The highest BCUT2D eigenvalue weighted by molar-refractivity contribution is 7.91. The first-order valence-corrected chi connectivity index (χ1v) is 19.9. The van der Waals surface area contributed by atoms with E-state index < -0.39 is 74.0 Å². The molecular weight excluding hydrogens is 730 g/mol. The maximum absolute atomic E-state index is 14.7. The summed E-state index contributed by atoms with van der Waals surface area (Å²) in [6.45, 7) is 7.59. The first-order chi connectivity index (χ1) is 25.6. The van der Waals surface area contributed by atoms with Gasteiger partial charge in [0.1, 0.15) is 29.5 Å². The van der Waals surface area contributed by atoms with Crippen LogP contribution in [0.25, 0.3) is 5.69 Å². The molecule has 55 heavy (non-hydrogen) atoms. The first-order valence-electron chi connectivity index (χ1n) is 18.4. The van der Waals surface area contributed by atoms with E-state index in [1.165, 1.54) is 15.9 Å². The highest BCUT2D eigenvalue weighted by Gasteiger charge is 2.62. The summed E-state index contributed by atoms with van der Waals surface area (Å²) in [4.78, 5) is 58.7. The SMILES string of the molecule is C.CC[C@@H]1C[C@]1(NC(=O)[C@@H]1C[C@@H](OC(=O)N2Cc3cccc(F)c3C2)CN1C(=O)[C@@H](Nc1ccc(-n2cccn2)cc1)C(C)(C)C)C(=O)NS(=O)(=O)C1CC1. The molecule has 0 radical (unpaired) electrons. The van der Waals surface area contributed by atoms with Crippen molar-refractivity contribution in [3.63, 3.8) is 0 Å². The number of hydrogen-bond acceptors (Lipinski definition) is 9. The Morgan fingerprint density at radius 3 is 2.38 bits per heavy atom. The molecule has 0 bridgehead atoms. The van der Waals surface area contributed by atoms with E-state index in [9.17, 15) is 32.0 Å². The van der Waals surface area contributed by atoms with Crippen LogP contribution < -0.4 is 15.4 Å². The minimum Gasteiger partial charge on any atom is -0.444 e. The second-order valence-corrected chi connectivity index (χ2v) is 17.8. The Hall–Kier alpha value is -4.99. The highest BCUT2D eigenvalue weighted by atomic mass is 32.2. The number of aromatic nitrogens is 2. The van der Waals surface area contributed by atoms with Crippen LogP contribution in [0, 0.1) is 17.2 Å². The third-order valence-electron chi connectivity index (χ3n) is 10.9. The van der Waals surface area contributed by atoms with Crippen LogP contribution in [0.5, 0.6) is 0 Å². The number of ether oxygens (including phenoxy) is 1. The van der Waals surface area contributed by atoms with Crippen molar-refractivity contribution in [3.05, 3.63) is 77.9 Å². The Labute approximate surface area is 321 Å². The number of likely N-dealkylation sites (tertiary alicyclic amines) is 1. The van der Waals surface area contributed by atoms with Crippen molar-refractivity contribution in [1.82, 2.24) is 29.6 Å². The number of rotatable bonds is 11. The normalized spacial score (nSPS) is 23.6. The number of carbonyl (C=O) groups is 4. The highest BCUT2D eigenvalue weighted by Crippen LogP contribution is 2.47. The molecule has 5 atom stereocenters. The van der Waals surface area contributed by atoms with Crippen molar-refractivity contribution in [2.45, 2.75) is 109 Å². The number of sulfonamides is 1. The summed E-state index contributed by atoms with van der Waals surface area (Å²) in [6.07, 6.45) is 3.50. The van der Waals surface area contributed by atoms with Crippen LogP contribution >= 0.6 is 0 Å². The summed E-state index contributed by atoms with van der Waals surface area (Å²) in [6, 6.07) is 11.8. The zero-order valence-corrected chi connectivity index (χ0v) is 31.6. The lowest BCUT2D eigenvalue weighted by Gasteiger charge is -2.36. The number of benzene rings is 2. The molecule has 3 fully saturated rings. The maximum Gasteiger partial charge on any atom is 0.410 e. The Morgan fingerprint density at radius 1 is 1.05 bits per heavy atom. The minimum atomic E-state index is -3.88. The van der Waals surface area contributed by atoms with Gasteiger partial charge in [-0.1, -0.05) is 53.7 Å². The summed E-state index contributed by atoms with van der Waals surface area (Å²) in [5.41, 5.74) is 0.434. The van der Waals surface area contributed by atoms with E-state index in [4.69, 9.17) is 4.74 Å². The molecule has 7 rings (SSSR count). The van der Waals surface area contributed by atoms with Crippen LogP contribution in [0.2, 0.25) is 0 Å². The van der Waals surface area contributed by atoms with Gasteiger partial charge in [-0.2, -0.15) is 5.10 Å². The molecular formula is C39H50FN7O7S. The predicted octanol–water partition coefficient (Wildman–Crippen LogP) is 4.49. The number of nitrogens with zero attached hydrogens (tertiary/aromatic N) is 4. The Bertz CT molecular complexity index is 2050. The molecule has 296 valence electrons. The lowest BCUT2D eigenvalue weighted by Crippen LogP contribution is -2.58. The van der Waals surface area contributed by atoms with E-state index >= 15 is 0 Å². The van der Waals surface area contributed by atoms with Crippen LogP contribution in [-0.4, -0.2) is 87.3 Å². The van der Waals surface area contributed by atoms with Gasteiger partial charge in [0.2, 0.25) is 21.8 Å². The van der Waals surface area contributed by atoms with Crippen molar-refractivity contribution < 1.29 is 36.7 Å². The fourth-order valence-corrected chi connectivity index (χ4v) is 8.87. The van der Waals surface area contributed by atoms with Gasteiger partial charge in [0.15, 0.2) is 0 Å². The summed E-state index contributed by atoms with van der Waals surface area (Å²) in [7, 11) is -3.88. The van der Waals surface area contributed by atoms with Gasteiger partial charge in [0.25, 0.3) is 5.91 Å². The Morgan fingerprint density at radius 2 is 1.78 bits per heavy atom. The number of nitrogens with one attached hydrogen (secondary N) is 3. The molecule has 1 aromatic heterocycles. The van der Waals surface area contributed by atoms with Crippen LogP contribution in [0.1, 0.15) is 78.4 Å². The predicted molar refractivity (Wildman–Crippen MR) is 203 cm³/mol. The van der Waals surface area contributed by atoms with E-state index in [1.54, 1.807) is 23.0 Å². The van der Waals surface area contributed by atoms with E-state index in [-0.39, 0.29) is 45.8 Å². The summed E-state index contributed by atoms with van der Waals surface area (Å²) >= 11 is 0. The van der Waals surface area contributed by atoms with Gasteiger partial charge in [-0.05, 0) is 72.6 Å². The average molecular weight is 780 g/mol. The van der Waals surface area contributed by atoms with Gasteiger partial charge in [-0.3, -0.25) is 24.0 Å². The van der Waals surface area contributed by atoms with Crippen LogP contribution in [0.3, 0.4) is 0 Å². The molecule has 2 saturated carbocycles. The van der Waals surface area contributed by atoms with Gasteiger partial charge in [-0.15, -0.1) is 0 Å². The van der Waals surface area contributed by atoms with Crippen molar-refractivity contribution in [2.75, 3.05) is 11.9 Å². The van der Waals surface area contributed by atoms with E-state index in [2.05, 4.69) is 20.5 Å². The van der Waals surface area contributed by atoms with E-state index in [1.807, 2.05) is 64.2 Å². The zero-order chi connectivity index (χ0) is 38.6. The largest absolute Gasteiger partial charge is 0.444 e. The minimum absolute atomic E-state index is 0. The van der Waals surface area contributed by atoms with Crippen molar-refractivity contribution in [2.24, 2.45) is 11.3 Å². The lowest BCUT2D eigenvalue weighted by atomic mass is 9.85. The second-order valence-electron chi connectivity index (χ2n) is 15.9. The molecule has 0 unspecified atom stereocenters.